The molecule has 156 valence electrons. The van der Waals surface area contributed by atoms with Crippen molar-refractivity contribution < 1.29 is 4.79 Å². The first kappa shape index (κ1) is 20.1. The second kappa shape index (κ2) is 9.11. The number of anilines is 1. The molecule has 0 unspecified atom stereocenters. The van der Waals surface area contributed by atoms with Crippen molar-refractivity contribution in [1.29, 1.82) is 0 Å². The van der Waals surface area contributed by atoms with Gasteiger partial charge < -0.3 is 14.4 Å². The zero-order valence-electron chi connectivity index (χ0n) is 17.5. The number of hydrogen-bond donors (Lipinski definition) is 0. The van der Waals surface area contributed by atoms with Gasteiger partial charge >= 0.3 is 0 Å². The summed E-state index contributed by atoms with van der Waals surface area (Å²) in [6.07, 6.45) is 2.45. The summed E-state index contributed by atoms with van der Waals surface area (Å²) >= 11 is 0. The molecule has 0 radical (unpaired) electrons. The van der Waals surface area contributed by atoms with Crippen molar-refractivity contribution in [3.63, 3.8) is 0 Å². The van der Waals surface area contributed by atoms with Gasteiger partial charge in [0.25, 0.3) is 5.56 Å². The second-order valence-electron chi connectivity index (χ2n) is 7.72. The Kier molecular flexibility index (Phi) is 6.12. The van der Waals surface area contributed by atoms with E-state index in [2.05, 4.69) is 9.88 Å². The number of aromatic nitrogens is 2. The first-order valence-corrected chi connectivity index (χ1v) is 10.7. The first-order chi connectivity index (χ1) is 14.7. The number of nitrogens with zero attached hydrogens (tertiary/aromatic N) is 4. The molecule has 4 rings (SSSR count). The van der Waals surface area contributed by atoms with Crippen LogP contribution in [0.25, 0.3) is 11.0 Å². The molecule has 30 heavy (non-hydrogen) atoms. The Balaban J connectivity index is 1.57. The number of para-hydroxylation sites is 2. The van der Waals surface area contributed by atoms with Crippen LogP contribution in [-0.4, -0.2) is 40.0 Å². The number of rotatable bonds is 7. The summed E-state index contributed by atoms with van der Waals surface area (Å²) in [7, 11) is 0. The van der Waals surface area contributed by atoms with E-state index >= 15 is 0 Å². The van der Waals surface area contributed by atoms with Gasteiger partial charge in [-0.25, -0.2) is 4.98 Å². The van der Waals surface area contributed by atoms with E-state index in [9.17, 15) is 9.59 Å². The molecule has 1 amide bonds. The van der Waals surface area contributed by atoms with Crippen molar-refractivity contribution in [2.45, 2.75) is 39.3 Å². The Bertz CT molecular complexity index is 1070. The van der Waals surface area contributed by atoms with Crippen LogP contribution in [0.4, 0.5) is 5.82 Å². The van der Waals surface area contributed by atoms with Crippen molar-refractivity contribution in [3.05, 3.63) is 70.5 Å². The third-order valence-electron chi connectivity index (χ3n) is 5.74. The topological polar surface area (TPSA) is 58.4 Å². The van der Waals surface area contributed by atoms with Crippen molar-refractivity contribution in [1.82, 2.24) is 14.5 Å². The van der Waals surface area contributed by atoms with E-state index in [1.54, 1.807) is 4.57 Å². The number of carbonyl (C=O) groups excluding carboxylic acids is 1. The van der Waals surface area contributed by atoms with Gasteiger partial charge in [-0.2, -0.15) is 0 Å². The van der Waals surface area contributed by atoms with Gasteiger partial charge in [0.05, 0.1) is 11.0 Å². The molecule has 1 aromatic heterocycles. The Labute approximate surface area is 176 Å². The van der Waals surface area contributed by atoms with Crippen LogP contribution < -0.4 is 10.5 Å². The second-order valence-corrected chi connectivity index (χ2v) is 7.72. The molecule has 6 nitrogen and oxygen atoms in total. The fourth-order valence-corrected chi connectivity index (χ4v) is 4.08. The Morgan fingerprint density at radius 3 is 2.47 bits per heavy atom. The van der Waals surface area contributed by atoms with Crippen molar-refractivity contribution >= 4 is 22.8 Å². The van der Waals surface area contributed by atoms with Crippen LogP contribution in [0.1, 0.15) is 31.7 Å². The molecule has 3 aromatic rings. The van der Waals surface area contributed by atoms with Crippen molar-refractivity contribution in [2.24, 2.45) is 0 Å². The minimum atomic E-state index is -0.102. The molecule has 0 N–H and O–H groups in total. The zero-order chi connectivity index (χ0) is 20.9. The molecule has 1 fully saturated rings. The number of amides is 1. The van der Waals surface area contributed by atoms with Gasteiger partial charge in [0.1, 0.15) is 0 Å². The number of fused-ring (bicyclic) bond motifs is 1. The van der Waals surface area contributed by atoms with E-state index in [1.807, 2.05) is 66.4 Å². The van der Waals surface area contributed by atoms with Crippen LogP contribution in [0, 0.1) is 0 Å². The lowest BCUT2D eigenvalue weighted by Gasteiger charge is -2.22. The van der Waals surface area contributed by atoms with Gasteiger partial charge in [0, 0.05) is 39.1 Å². The van der Waals surface area contributed by atoms with Crippen LogP contribution in [0.5, 0.6) is 0 Å². The minimum absolute atomic E-state index is 0.0527. The molecular weight excluding hydrogens is 376 g/mol. The Morgan fingerprint density at radius 2 is 1.73 bits per heavy atom. The number of aryl methyl sites for hydroxylation is 1. The highest BCUT2D eigenvalue weighted by Gasteiger charge is 2.21. The molecule has 1 aliphatic rings. The van der Waals surface area contributed by atoms with Crippen molar-refractivity contribution in [3.8, 4) is 0 Å². The lowest BCUT2D eigenvalue weighted by atomic mass is 10.2. The average molecular weight is 405 g/mol. The summed E-state index contributed by atoms with van der Waals surface area (Å²) in [5.41, 5.74) is 2.58. The maximum Gasteiger partial charge on any atom is 0.294 e. The standard InChI is InChI=1S/C24H28N4O2/c1-2-26(18-19-10-4-3-5-11-19)22(29)14-17-28-21-13-7-6-12-20(21)25-23(24(28)30)27-15-8-9-16-27/h3-7,10-13H,2,8-9,14-18H2,1H3. The molecule has 0 saturated carbocycles. The van der Waals surface area contributed by atoms with E-state index in [0.717, 1.165) is 42.5 Å². The molecule has 1 aliphatic heterocycles. The normalized spacial score (nSPS) is 13.7. The molecule has 0 spiro atoms. The Morgan fingerprint density at radius 1 is 1.03 bits per heavy atom. The lowest BCUT2D eigenvalue weighted by Crippen LogP contribution is -2.34. The summed E-state index contributed by atoms with van der Waals surface area (Å²) in [5.74, 6) is 0.562. The van der Waals surface area contributed by atoms with Gasteiger partial charge in [-0.3, -0.25) is 9.59 Å². The number of carbonyl (C=O) groups is 1. The van der Waals surface area contributed by atoms with Gasteiger partial charge in [-0.1, -0.05) is 42.5 Å². The van der Waals surface area contributed by atoms with Crippen LogP contribution in [0.2, 0.25) is 0 Å². The summed E-state index contributed by atoms with van der Waals surface area (Å²) in [4.78, 5) is 34.7. The predicted octanol–water partition coefficient (Wildman–Crippen LogP) is 3.44. The summed E-state index contributed by atoms with van der Waals surface area (Å²) in [6.45, 7) is 5.29. The minimum Gasteiger partial charge on any atom is -0.352 e. The van der Waals surface area contributed by atoms with Crippen LogP contribution in [0.15, 0.2) is 59.4 Å². The van der Waals surface area contributed by atoms with Crippen LogP contribution in [0.3, 0.4) is 0 Å². The fourth-order valence-electron chi connectivity index (χ4n) is 4.08. The highest BCUT2D eigenvalue weighted by atomic mass is 16.2. The molecular formula is C24H28N4O2. The van der Waals surface area contributed by atoms with Gasteiger partial charge in [0.2, 0.25) is 5.91 Å². The molecule has 0 bridgehead atoms. The quantitative estimate of drug-likeness (QED) is 0.605. The third kappa shape index (κ3) is 4.22. The van der Waals surface area contributed by atoms with E-state index in [0.29, 0.717) is 25.5 Å². The van der Waals surface area contributed by atoms with E-state index < -0.39 is 0 Å². The van der Waals surface area contributed by atoms with Crippen molar-refractivity contribution in [2.75, 3.05) is 24.5 Å². The zero-order valence-corrected chi connectivity index (χ0v) is 17.5. The molecule has 1 saturated heterocycles. The highest BCUT2D eigenvalue weighted by molar-refractivity contribution is 5.78. The summed E-state index contributed by atoms with van der Waals surface area (Å²) in [5, 5.41) is 0. The maximum atomic E-state index is 13.2. The molecule has 0 atom stereocenters. The van der Waals surface area contributed by atoms with E-state index in [4.69, 9.17) is 0 Å². The molecule has 6 heteroatoms. The fraction of sp³-hybridized carbons (Fsp3) is 0.375. The van der Waals surface area contributed by atoms with Crippen LogP contribution in [-0.2, 0) is 17.9 Å². The van der Waals surface area contributed by atoms with Gasteiger partial charge in [-0.15, -0.1) is 0 Å². The van der Waals surface area contributed by atoms with Gasteiger partial charge in [0.15, 0.2) is 5.82 Å². The largest absolute Gasteiger partial charge is 0.352 e. The Hall–Kier alpha value is -3.15. The number of hydrogen-bond acceptors (Lipinski definition) is 4. The number of benzene rings is 2. The monoisotopic (exact) mass is 404 g/mol. The predicted molar refractivity (Wildman–Crippen MR) is 120 cm³/mol. The van der Waals surface area contributed by atoms with E-state index in [1.165, 1.54) is 0 Å². The molecule has 2 aromatic carbocycles. The average Bonchev–Trinajstić information content (AvgIpc) is 3.31. The third-order valence-corrected chi connectivity index (χ3v) is 5.74. The smallest absolute Gasteiger partial charge is 0.294 e. The van der Waals surface area contributed by atoms with Crippen LogP contribution >= 0.6 is 0 Å². The highest BCUT2D eigenvalue weighted by Crippen LogP contribution is 2.18. The van der Waals surface area contributed by atoms with E-state index in [-0.39, 0.29) is 17.9 Å². The SMILES string of the molecule is CCN(Cc1ccccc1)C(=O)CCn1c(=O)c(N2CCCC2)nc2ccccc21. The first-order valence-electron chi connectivity index (χ1n) is 10.7. The molecule has 2 heterocycles. The maximum absolute atomic E-state index is 13.2. The summed E-state index contributed by atoms with van der Waals surface area (Å²) < 4.78 is 1.73. The molecule has 0 aliphatic carbocycles. The lowest BCUT2D eigenvalue weighted by molar-refractivity contribution is -0.131. The van der Waals surface area contributed by atoms with Gasteiger partial charge in [-0.05, 0) is 37.5 Å². The summed E-state index contributed by atoms with van der Waals surface area (Å²) in [6, 6.07) is 17.7.